The summed E-state index contributed by atoms with van der Waals surface area (Å²) in [5, 5.41) is 4.97. The van der Waals surface area contributed by atoms with Crippen molar-refractivity contribution >= 4 is 49.0 Å². The van der Waals surface area contributed by atoms with Gasteiger partial charge in [-0.05, 0) is 34.2 Å². The molecule has 0 N–H and O–H groups in total. The van der Waals surface area contributed by atoms with Crippen LogP contribution in [0.1, 0.15) is 37.4 Å². The zero-order chi connectivity index (χ0) is 23.7. The normalized spacial score (nSPS) is 19.2. The molecule has 0 aromatic heterocycles. The molecule has 0 fully saturated rings. The number of alkyl halides is 1. The van der Waals surface area contributed by atoms with Gasteiger partial charge in [0, 0.05) is 28.4 Å². The van der Waals surface area contributed by atoms with E-state index in [1.807, 2.05) is 13.8 Å². The average Bonchev–Trinajstić information content (AvgIpc) is 2.89. The Morgan fingerprint density at radius 2 is 1.56 bits per heavy atom. The molecule has 0 saturated heterocycles. The van der Waals surface area contributed by atoms with Gasteiger partial charge < -0.3 is 4.90 Å². The molecule has 1 heterocycles. The summed E-state index contributed by atoms with van der Waals surface area (Å²) in [5.41, 5.74) is 4.81. The van der Waals surface area contributed by atoms with Crippen LogP contribution >= 0.6 is 15.9 Å². The molecule has 6 rings (SSSR count). The van der Waals surface area contributed by atoms with E-state index in [-0.39, 0.29) is 6.04 Å². The van der Waals surface area contributed by atoms with Crippen molar-refractivity contribution in [1.29, 1.82) is 0 Å². The lowest BCUT2D eigenvalue weighted by Gasteiger charge is -2.37. The molecule has 1 aliphatic carbocycles. The average molecular weight is 509 g/mol. The van der Waals surface area contributed by atoms with Gasteiger partial charge in [-0.1, -0.05) is 121 Å². The Kier molecular flexibility index (Phi) is 6.38. The number of allylic oxidation sites excluding steroid dienone is 2. The number of nitrogens with zero attached hydrogens (tertiary/aromatic N) is 2. The summed E-state index contributed by atoms with van der Waals surface area (Å²) in [4.78, 5) is 7.98. The van der Waals surface area contributed by atoms with Gasteiger partial charge in [-0.15, -0.1) is 0 Å². The molecule has 2 aliphatic rings. The standard InChI is InChI=1S/C29H23BrN2.C2H6/c1-32-28(23-11-10-19-6-2-3-8-22(19)18-23)26-17-14-20-7-4-5-9-25(20)27(26)31-29(32)21-12-15-24(30)16-13-21;1-2/h2-15,17-18,24,28H,16H2,1H3;1-2H3. The number of hydrogen-bond donors (Lipinski definition) is 0. The Labute approximate surface area is 210 Å². The predicted molar refractivity (Wildman–Crippen MR) is 150 cm³/mol. The monoisotopic (exact) mass is 508 g/mol. The molecule has 1 aliphatic heterocycles. The summed E-state index contributed by atoms with van der Waals surface area (Å²) < 4.78 is 0. The molecular formula is C31H29BrN2. The fraction of sp³-hybridized carbons (Fsp3) is 0.194. The first kappa shape index (κ1) is 22.6. The van der Waals surface area contributed by atoms with Gasteiger partial charge in [0.1, 0.15) is 5.84 Å². The predicted octanol–water partition coefficient (Wildman–Crippen LogP) is 8.73. The van der Waals surface area contributed by atoms with Crippen molar-refractivity contribution in [2.45, 2.75) is 31.1 Å². The molecule has 4 aromatic carbocycles. The van der Waals surface area contributed by atoms with Crippen molar-refractivity contribution in [2.24, 2.45) is 4.99 Å². The summed E-state index contributed by atoms with van der Waals surface area (Å²) in [7, 11) is 2.17. The molecule has 0 amide bonds. The van der Waals surface area contributed by atoms with Gasteiger partial charge in [0.2, 0.25) is 0 Å². The third-order valence-corrected chi connectivity index (χ3v) is 7.24. The van der Waals surface area contributed by atoms with Crippen LogP contribution in [-0.2, 0) is 0 Å². The Balaban J connectivity index is 0.00000117. The SMILES string of the molecule is CC.CN1C(C2=CCC(Br)C=C2)=Nc2c(ccc3ccccc23)C1c1ccc2ccccc2c1. The third-order valence-electron chi connectivity index (χ3n) is 6.56. The number of fused-ring (bicyclic) bond motifs is 4. The van der Waals surface area contributed by atoms with E-state index in [0.29, 0.717) is 4.83 Å². The molecule has 0 radical (unpaired) electrons. The number of aliphatic imine (C=N–C) groups is 1. The van der Waals surface area contributed by atoms with Crippen LogP contribution in [0.5, 0.6) is 0 Å². The van der Waals surface area contributed by atoms with Crippen molar-refractivity contribution in [3.05, 3.63) is 114 Å². The number of benzene rings is 4. The molecular weight excluding hydrogens is 480 g/mol. The smallest absolute Gasteiger partial charge is 0.136 e. The van der Waals surface area contributed by atoms with E-state index in [0.717, 1.165) is 17.9 Å². The van der Waals surface area contributed by atoms with Crippen molar-refractivity contribution in [1.82, 2.24) is 4.90 Å². The molecule has 0 bridgehead atoms. The van der Waals surface area contributed by atoms with Gasteiger partial charge in [-0.3, -0.25) is 0 Å². The summed E-state index contributed by atoms with van der Waals surface area (Å²) in [5.74, 6) is 1.03. The minimum atomic E-state index is 0.0997. The van der Waals surface area contributed by atoms with Gasteiger partial charge in [-0.25, -0.2) is 4.99 Å². The minimum Gasteiger partial charge on any atom is -0.348 e. The Bertz CT molecular complexity index is 1450. The van der Waals surface area contributed by atoms with Crippen molar-refractivity contribution in [3.63, 3.8) is 0 Å². The van der Waals surface area contributed by atoms with E-state index in [2.05, 4.69) is 125 Å². The lowest BCUT2D eigenvalue weighted by Crippen LogP contribution is -2.35. The van der Waals surface area contributed by atoms with Crippen LogP contribution in [0.25, 0.3) is 21.5 Å². The quantitative estimate of drug-likeness (QED) is 0.247. The molecule has 3 heteroatoms. The van der Waals surface area contributed by atoms with Crippen LogP contribution < -0.4 is 0 Å². The van der Waals surface area contributed by atoms with Gasteiger partial charge in [0.05, 0.1) is 11.7 Å². The number of halogens is 1. The summed E-state index contributed by atoms with van der Waals surface area (Å²) in [6.45, 7) is 4.00. The number of hydrogen-bond acceptors (Lipinski definition) is 2. The Morgan fingerprint density at radius 1 is 0.853 bits per heavy atom. The zero-order valence-electron chi connectivity index (χ0n) is 19.9. The van der Waals surface area contributed by atoms with Gasteiger partial charge in [-0.2, -0.15) is 0 Å². The van der Waals surface area contributed by atoms with Crippen LogP contribution in [0.3, 0.4) is 0 Å². The highest BCUT2D eigenvalue weighted by Crippen LogP contribution is 2.44. The molecule has 2 atom stereocenters. The topological polar surface area (TPSA) is 15.6 Å². The lowest BCUT2D eigenvalue weighted by molar-refractivity contribution is 0.422. The first-order valence-corrected chi connectivity index (χ1v) is 13.0. The second-order valence-electron chi connectivity index (χ2n) is 8.55. The largest absolute Gasteiger partial charge is 0.348 e. The van der Waals surface area contributed by atoms with Crippen LogP contribution in [0.4, 0.5) is 5.69 Å². The summed E-state index contributed by atoms with van der Waals surface area (Å²) in [6.07, 6.45) is 7.69. The van der Waals surface area contributed by atoms with E-state index < -0.39 is 0 Å². The molecule has 4 aromatic rings. The van der Waals surface area contributed by atoms with Crippen LogP contribution in [-0.4, -0.2) is 22.6 Å². The number of rotatable bonds is 2. The first-order chi connectivity index (χ1) is 16.7. The molecule has 170 valence electrons. The van der Waals surface area contributed by atoms with E-state index in [1.165, 1.54) is 38.2 Å². The van der Waals surface area contributed by atoms with Crippen LogP contribution in [0.15, 0.2) is 108 Å². The summed E-state index contributed by atoms with van der Waals surface area (Å²) >= 11 is 3.70. The maximum Gasteiger partial charge on any atom is 0.136 e. The number of likely N-dealkylation sites (N-methyl/N-ethyl adjacent to an activating group) is 1. The Hall–Kier alpha value is -3.17. The van der Waals surface area contributed by atoms with Crippen molar-refractivity contribution in [3.8, 4) is 0 Å². The maximum absolute atomic E-state index is 5.25. The highest BCUT2D eigenvalue weighted by Gasteiger charge is 2.31. The number of amidine groups is 1. The second kappa shape index (κ2) is 9.60. The van der Waals surface area contributed by atoms with Gasteiger partial charge in [0.25, 0.3) is 0 Å². The third kappa shape index (κ3) is 3.99. The van der Waals surface area contributed by atoms with Crippen molar-refractivity contribution < 1.29 is 0 Å². The van der Waals surface area contributed by atoms with E-state index in [9.17, 15) is 0 Å². The highest BCUT2D eigenvalue weighted by atomic mass is 79.9. The fourth-order valence-corrected chi connectivity index (χ4v) is 5.28. The second-order valence-corrected chi connectivity index (χ2v) is 9.73. The van der Waals surface area contributed by atoms with Gasteiger partial charge in [0.15, 0.2) is 0 Å². The molecule has 0 saturated carbocycles. The fourth-order valence-electron chi connectivity index (χ4n) is 4.94. The van der Waals surface area contributed by atoms with E-state index in [4.69, 9.17) is 4.99 Å². The van der Waals surface area contributed by atoms with Crippen molar-refractivity contribution in [2.75, 3.05) is 7.05 Å². The molecule has 2 unspecified atom stereocenters. The molecule has 34 heavy (non-hydrogen) atoms. The van der Waals surface area contributed by atoms with Crippen LogP contribution in [0.2, 0.25) is 0 Å². The minimum absolute atomic E-state index is 0.0997. The highest BCUT2D eigenvalue weighted by molar-refractivity contribution is 9.09. The lowest BCUT2D eigenvalue weighted by atomic mass is 9.89. The maximum atomic E-state index is 5.25. The Morgan fingerprint density at radius 3 is 2.32 bits per heavy atom. The zero-order valence-corrected chi connectivity index (χ0v) is 21.5. The molecule has 2 nitrogen and oxygen atoms in total. The van der Waals surface area contributed by atoms with E-state index >= 15 is 0 Å². The first-order valence-electron chi connectivity index (χ1n) is 12.0. The summed E-state index contributed by atoms with van der Waals surface area (Å²) in [6, 6.07) is 28.6. The van der Waals surface area contributed by atoms with E-state index in [1.54, 1.807) is 0 Å². The molecule has 0 spiro atoms. The van der Waals surface area contributed by atoms with Crippen LogP contribution in [0, 0.1) is 0 Å². The van der Waals surface area contributed by atoms with Gasteiger partial charge >= 0.3 is 0 Å².